The molecule has 548 valence electrons. The number of aromatic nitrogens is 6. The van der Waals surface area contributed by atoms with Gasteiger partial charge in [0.05, 0.1) is 40.6 Å². The van der Waals surface area contributed by atoms with Crippen LogP contribution in [0.1, 0.15) is 73.1 Å². The number of nitrogens with one attached hydrogen (secondary N) is 9. The Balaban J connectivity index is 0.00000155. The fourth-order valence-corrected chi connectivity index (χ4v) is 12.8. The molecule has 0 saturated carbocycles. The number of benzene rings is 6. The van der Waals surface area contributed by atoms with Gasteiger partial charge in [-0.15, -0.1) is 0 Å². The van der Waals surface area contributed by atoms with Gasteiger partial charge in [0.1, 0.15) is 35.4 Å². The Morgan fingerprint density at radius 2 is 0.654 bits per heavy atom. The predicted molar refractivity (Wildman–Crippen MR) is 399 cm³/mol. The van der Waals surface area contributed by atoms with Gasteiger partial charge in [0, 0.05) is 129 Å². The molecule has 0 bridgehead atoms. The number of hydrogen-bond acceptors (Lipinski definition) is 13. The highest BCUT2D eigenvalue weighted by Crippen LogP contribution is 2.36. The molecule has 0 spiro atoms. The van der Waals surface area contributed by atoms with Gasteiger partial charge in [-0.05, 0) is 198 Å². The molecule has 3 atom stereocenters. The van der Waals surface area contributed by atoms with Crippen molar-refractivity contribution in [3.63, 3.8) is 0 Å². The molecular weight excluding hydrogens is 1370 g/mol. The van der Waals surface area contributed by atoms with Gasteiger partial charge in [0.25, 0.3) is 0 Å². The summed E-state index contributed by atoms with van der Waals surface area (Å²) in [4.78, 5) is 117. The minimum Gasteiger partial charge on any atom is -0.497 e. The van der Waals surface area contributed by atoms with E-state index in [1.54, 1.807) is 131 Å². The number of ether oxygens (including phenoxy) is 3. The zero-order chi connectivity index (χ0) is 75.9. The zero-order valence-corrected chi connectivity index (χ0v) is 59.1. The van der Waals surface area contributed by atoms with E-state index in [9.17, 15) is 41.9 Å². The first kappa shape index (κ1) is 75.0. The lowest BCUT2D eigenvalue weighted by molar-refractivity contribution is -0.192. The van der Waals surface area contributed by atoms with Crippen molar-refractivity contribution in [2.75, 3.05) is 37.3 Å². The highest BCUT2D eigenvalue weighted by atomic mass is 19.4. The predicted octanol–water partition coefficient (Wildman–Crippen LogP) is 11.8. The smallest absolute Gasteiger partial charge is 0.490 e. The number of halogens is 3. The maximum atomic E-state index is 14.5. The molecule has 10 N–H and O–H groups in total. The minimum atomic E-state index is -5.08. The lowest BCUT2D eigenvalue weighted by Gasteiger charge is -2.22. The van der Waals surface area contributed by atoms with Crippen LogP contribution in [0.4, 0.5) is 30.2 Å². The number of amides is 6. The average Bonchev–Trinajstić information content (AvgIpc) is 1.78. The number of nitrogens with zero attached hydrogens (tertiary/aromatic N) is 3. The first-order valence-electron chi connectivity index (χ1n) is 34.0. The van der Waals surface area contributed by atoms with Crippen LogP contribution >= 0.6 is 0 Å². The summed E-state index contributed by atoms with van der Waals surface area (Å²) in [6.07, 6.45) is 5.39. The van der Waals surface area contributed by atoms with E-state index in [4.69, 9.17) is 24.1 Å². The second-order valence-electron chi connectivity index (χ2n) is 25.6. The number of pyridine rings is 3. The maximum Gasteiger partial charge on any atom is 0.490 e. The number of aliphatic carboxylic acids is 1. The Morgan fingerprint density at radius 1 is 0.402 bits per heavy atom. The lowest BCUT2D eigenvalue weighted by atomic mass is 9.85. The van der Waals surface area contributed by atoms with E-state index < -0.39 is 53.9 Å². The number of carboxylic acids is 1. The Kier molecular flexibility index (Phi) is 23.8. The van der Waals surface area contributed by atoms with Crippen LogP contribution in [0.3, 0.4) is 0 Å². The molecule has 23 nitrogen and oxygen atoms in total. The summed E-state index contributed by atoms with van der Waals surface area (Å²) in [5.74, 6) is -3.55. The summed E-state index contributed by atoms with van der Waals surface area (Å²) in [7, 11) is 4.77. The van der Waals surface area contributed by atoms with Crippen LogP contribution in [0, 0.1) is 20.8 Å². The standard InChI is InChI=1S/C79H76N12O9.C2HF3O2/c1-46-61(64-40-58(98-4)19-22-67(64)83-46)43-73(92)89-70(37-49-25-31-80-32-26-49)77(95)86-55-13-7-52(8-14-55)76(53-9-15-56(16-10-53)87-78(96)71(38-50-27-33-81-34-28-50)90-74(93)44-62-47(2)84-68-23-20-59(99-5)41-65(62)68)54-11-17-57(18-12-54)88-79(97)72(39-51-29-35-82-36-30-51)91-75(94)45-63-48(3)85-69-24-21-60(100-6)42-66(63)69;3-2(4,5)1(6)7/h7-36,40-42,70-72,76,83-85H,37-39,43-45H2,1-6H3,(H,86,95)(H,87,96)(H,88,97)(H,89,92)(H,90,93)(H,91,94);(H,6,7)/t70-,71-,72-;/m1./s1. The van der Waals surface area contributed by atoms with Gasteiger partial charge in [-0.25, -0.2) is 4.79 Å². The van der Waals surface area contributed by atoms with Gasteiger partial charge < -0.3 is 66.2 Å². The van der Waals surface area contributed by atoms with Crippen LogP contribution in [0.2, 0.25) is 0 Å². The third-order valence-corrected chi connectivity index (χ3v) is 18.3. The van der Waals surface area contributed by atoms with Crippen molar-refractivity contribution in [1.29, 1.82) is 0 Å². The van der Waals surface area contributed by atoms with Crippen molar-refractivity contribution in [3.05, 3.63) is 268 Å². The molecule has 6 aromatic heterocycles. The second kappa shape index (κ2) is 34.0. The van der Waals surface area contributed by atoms with E-state index in [2.05, 4.69) is 61.8 Å². The Morgan fingerprint density at radius 3 is 0.888 bits per heavy atom. The SMILES string of the molecule is COc1ccc2[nH]c(C)c(CC(=O)N[C@H](Cc3ccncc3)C(=O)Nc3ccc(C(c4ccc(NC(=O)[C@@H](Cc5ccncc5)NC(=O)Cc5c(C)[nH]c6ccc(OC)cc56)cc4)c4ccc(NC(=O)[C@@H](Cc5ccncc5)NC(=O)Cc5c(C)[nH]c6ccc(OC)cc56)cc4)cc3)c2c1.O=C(O)C(F)(F)F. The Labute approximate surface area is 612 Å². The summed E-state index contributed by atoms with van der Waals surface area (Å²) < 4.78 is 48.2. The number of carbonyl (C=O) groups is 7. The van der Waals surface area contributed by atoms with Crippen molar-refractivity contribution >= 4 is 91.2 Å². The van der Waals surface area contributed by atoms with E-state index in [-0.39, 0.29) is 56.2 Å². The monoisotopic (exact) mass is 1450 g/mol. The number of methoxy groups -OCH3 is 3. The summed E-state index contributed by atoms with van der Waals surface area (Å²) in [5, 5.41) is 27.9. The fraction of sp³-hybridized carbons (Fsp3) is 0.210. The molecule has 12 rings (SSSR count). The van der Waals surface area contributed by atoms with E-state index in [1.165, 1.54) is 0 Å². The molecule has 12 aromatic rings. The van der Waals surface area contributed by atoms with Crippen LogP contribution in [0.25, 0.3) is 32.7 Å². The normalized spacial score (nSPS) is 12.1. The van der Waals surface area contributed by atoms with Crippen molar-refractivity contribution in [3.8, 4) is 17.2 Å². The number of H-pyrrole nitrogens is 3. The van der Waals surface area contributed by atoms with E-state index in [0.717, 1.165) is 99.9 Å². The topological polar surface area (TPSA) is 326 Å². The van der Waals surface area contributed by atoms with E-state index in [1.807, 2.05) is 112 Å². The Bertz CT molecular complexity index is 4680. The number of carboxylic acid groups (broad SMARTS) is 1. The zero-order valence-electron chi connectivity index (χ0n) is 59.1. The third-order valence-electron chi connectivity index (χ3n) is 18.3. The number of hydrogen-bond donors (Lipinski definition) is 10. The van der Waals surface area contributed by atoms with Crippen molar-refractivity contribution in [2.45, 2.75) is 89.5 Å². The average molecular weight is 1450 g/mol. The number of aromatic amines is 3. The number of alkyl halides is 3. The van der Waals surface area contributed by atoms with E-state index in [0.29, 0.717) is 34.3 Å². The molecule has 6 aromatic carbocycles. The van der Waals surface area contributed by atoms with Gasteiger partial charge in [-0.3, -0.25) is 43.7 Å². The molecule has 6 amide bonds. The van der Waals surface area contributed by atoms with Crippen molar-refractivity contribution < 1.29 is 66.1 Å². The fourth-order valence-electron chi connectivity index (χ4n) is 12.8. The molecule has 26 heteroatoms. The number of aryl methyl sites for hydroxylation is 3. The first-order chi connectivity index (χ1) is 51.5. The second-order valence-corrected chi connectivity index (χ2v) is 25.6. The van der Waals surface area contributed by atoms with E-state index >= 15 is 0 Å². The number of rotatable bonds is 27. The van der Waals surface area contributed by atoms with Gasteiger partial charge in [-0.1, -0.05) is 36.4 Å². The molecule has 0 aliphatic heterocycles. The quantitative estimate of drug-likeness (QED) is 0.0214. The highest BCUT2D eigenvalue weighted by molar-refractivity contribution is 6.01. The van der Waals surface area contributed by atoms with Gasteiger partial charge in [-0.2, -0.15) is 13.2 Å². The highest BCUT2D eigenvalue weighted by Gasteiger charge is 2.38. The summed E-state index contributed by atoms with van der Waals surface area (Å²) >= 11 is 0. The van der Waals surface area contributed by atoms with Crippen LogP contribution in [0.5, 0.6) is 17.2 Å². The summed E-state index contributed by atoms with van der Waals surface area (Å²) in [5.41, 5.74) is 13.8. The molecule has 0 aliphatic rings. The maximum absolute atomic E-state index is 14.5. The van der Waals surface area contributed by atoms with Crippen LogP contribution in [-0.2, 0) is 72.1 Å². The third kappa shape index (κ3) is 19.2. The van der Waals surface area contributed by atoms with Crippen molar-refractivity contribution in [2.24, 2.45) is 0 Å². The number of carbonyl (C=O) groups excluding carboxylic acids is 6. The molecule has 0 unspecified atom stereocenters. The van der Waals surface area contributed by atoms with Gasteiger partial charge in [0.15, 0.2) is 0 Å². The van der Waals surface area contributed by atoms with Crippen molar-refractivity contribution in [1.82, 2.24) is 45.9 Å². The molecular formula is C81H77F3N12O11. The molecule has 0 radical (unpaired) electrons. The molecule has 107 heavy (non-hydrogen) atoms. The van der Waals surface area contributed by atoms with Crippen LogP contribution < -0.4 is 46.1 Å². The van der Waals surface area contributed by atoms with Gasteiger partial charge in [0.2, 0.25) is 35.4 Å². The molecule has 0 fully saturated rings. The number of fused-ring (bicyclic) bond motifs is 3. The minimum absolute atomic E-state index is 0.0134. The molecule has 6 heterocycles. The summed E-state index contributed by atoms with van der Waals surface area (Å²) in [6.45, 7) is 5.73. The summed E-state index contributed by atoms with van der Waals surface area (Å²) in [6, 6.07) is 47.2. The van der Waals surface area contributed by atoms with Gasteiger partial charge >= 0.3 is 12.1 Å². The largest absolute Gasteiger partial charge is 0.497 e. The number of anilines is 3. The Hall–Kier alpha value is -13.1. The van der Waals surface area contributed by atoms with Crippen LogP contribution in [-0.4, -0.2) is 122 Å². The lowest BCUT2D eigenvalue weighted by Crippen LogP contribution is -2.45. The molecule has 0 saturated heterocycles. The first-order valence-corrected chi connectivity index (χ1v) is 34.0. The van der Waals surface area contributed by atoms with Crippen LogP contribution in [0.15, 0.2) is 201 Å². The molecule has 0 aliphatic carbocycles.